The molecule has 0 saturated carbocycles. The predicted molar refractivity (Wildman–Crippen MR) is 89.5 cm³/mol. The van der Waals surface area contributed by atoms with Gasteiger partial charge in [0, 0.05) is 12.1 Å². The molecule has 0 radical (unpaired) electrons. The highest BCUT2D eigenvalue weighted by atomic mass is 127. The van der Waals surface area contributed by atoms with E-state index in [0.29, 0.717) is 18.9 Å². The monoisotopic (exact) mass is 376 g/mol. The van der Waals surface area contributed by atoms with Crippen LogP contribution in [0.4, 0.5) is 5.69 Å². The molecule has 5 N–H and O–H groups in total. The van der Waals surface area contributed by atoms with Crippen LogP contribution in [0.5, 0.6) is 0 Å². The van der Waals surface area contributed by atoms with Gasteiger partial charge in [0.15, 0.2) is 5.96 Å². The maximum atomic E-state index is 11.6. The Morgan fingerprint density at radius 1 is 1.37 bits per heavy atom. The molecule has 0 aliphatic rings. The summed E-state index contributed by atoms with van der Waals surface area (Å²) in [5, 5.41) is 2.85. The van der Waals surface area contributed by atoms with Crippen LogP contribution in [-0.2, 0) is 11.3 Å². The third-order valence-electron chi connectivity index (χ3n) is 2.25. The number of aliphatic imine (C=N–C) groups is 1. The molecule has 1 amide bonds. The first kappa shape index (κ1) is 17.7. The Balaban J connectivity index is 0.00000324. The molecule has 0 unspecified atom stereocenters. The average Bonchev–Trinajstić information content (AvgIpc) is 2.25. The van der Waals surface area contributed by atoms with Gasteiger partial charge in [0.1, 0.15) is 0 Å². The van der Waals surface area contributed by atoms with Gasteiger partial charge in [-0.05, 0) is 23.6 Å². The maximum Gasteiger partial charge on any atom is 0.224 e. The minimum Gasteiger partial charge on any atom is -0.370 e. The quantitative estimate of drug-likeness (QED) is 0.417. The summed E-state index contributed by atoms with van der Waals surface area (Å²) in [6, 6.07) is 7.48. The van der Waals surface area contributed by atoms with E-state index in [1.165, 1.54) is 0 Å². The standard InChI is InChI=1S/C13H20N4O.HI/c1-9(2)6-12(18)17-11-5-3-4-10(7-11)8-16-13(14)15;/h3-5,7,9H,6,8H2,1-2H3,(H,17,18)(H4,14,15,16);1H. The van der Waals surface area contributed by atoms with Crippen LogP contribution in [0.25, 0.3) is 0 Å². The number of amides is 1. The van der Waals surface area contributed by atoms with E-state index < -0.39 is 0 Å². The summed E-state index contributed by atoms with van der Waals surface area (Å²) in [6.45, 7) is 4.43. The number of nitrogens with one attached hydrogen (secondary N) is 1. The highest BCUT2D eigenvalue weighted by molar-refractivity contribution is 14.0. The number of carbonyl (C=O) groups is 1. The molecule has 0 atom stereocenters. The summed E-state index contributed by atoms with van der Waals surface area (Å²) < 4.78 is 0. The summed E-state index contributed by atoms with van der Waals surface area (Å²) in [5.41, 5.74) is 12.3. The first-order valence-corrected chi connectivity index (χ1v) is 5.91. The van der Waals surface area contributed by atoms with Gasteiger partial charge in [0.25, 0.3) is 0 Å². The van der Waals surface area contributed by atoms with Gasteiger partial charge in [-0.3, -0.25) is 4.79 Å². The van der Waals surface area contributed by atoms with Crippen molar-refractivity contribution in [2.24, 2.45) is 22.4 Å². The van der Waals surface area contributed by atoms with Gasteiger partial charge in [-0.25, -0.2) is 4.99 Å². The highest BCUT2D eigenvalue weighted by Gasteiger charge is 2.05. The van der Waals surface area contributed by atoms with Gasteiger partial charge in [-0.1, -0.05) is 26.0 Å². The van der Waals surface area contributed by atoms with Crippen molar-refractivity contribution in [2.75, 3.05) is 5.32 Å². The van der Waals surface area contributed by atoms with Crippen LogP contribution in [0.15, 0.2) is 29.3 Å². The number of benzene rings is 1. The lowest BCUT2D eigenvalue weighted by atomic mass is 10.1. The number of rotatable bonds is 5. The van der Waals surface area contributed by atoms with E-state index in [2.05, 4.69) is 10.3 Å². The number of anilines is 1. The van der Waals surface area contributed by atoms with E-state index in [1.807, 2.05) is 38.1 Å². The van der Waals surface area contributed by atoms with E-state index in [0.717, 1.165) is 11.3 Å². The highest BCUT2D eigenvalue weighted by Crippen LogP contribution is 2.12. The molecule has 6 heteroatoms. The van der Waals surface area contributed by atoms with Gasteiger partial charge < -0.3 is 16.8 Å². The van der Waals surface area contributed by atoms with E-state index in [4.69, 9.17) is 11.5 Å². The molecule has 1 aromatic rings. The lowest BCUT2D eigenvalue weighted by Crippen LogP contribution is -2.22. The lowest BCUT2D eigenvalue weighted by Gasteiger charge is -2.08. The molecule has 0 fully saturated rings. The van der Waals surface area contributed by atoms with Crippen LogP contribution in [-0.4, -0.2) is 11.9 Å². The fraction of sp³-hybridized carbons (Fsp3) is 0.385. The Kier molecular flexibility index (Phi) is 8.13. The Labute approximate surface area is 130 Å². The summed E-state index contributed by atoms with van der Waals surface area (Å²) in [5.74, 6) is 0.419. The summed E-state index contributed by atoms with van der Waals surface area (Å²) in [6.07, 6.45) is 0.512. The molecule has 0 aliphatic heterocycles. The predicted octanol–water partition coefficient (Wildman–Crippen LogP) is 2.06. The molecular formula is C13H21IN4O. The van der Waals surface area contributed by atoms with E-state index in [9.17, 15) is 4.79 Å². The summed E-state index contributed by atoms with van der Waals surface area (Å²) >= 11 is 0. The van der Waals surface area contributed by atoms with Crippen molar-refractivity contribution in [1.82, 2.24) is 0 Å². The van der Waals surface area contributed by atoms with E-state index in [1.54, 1.807) is 0 Å². The number of nitrogens with zero attached hydrogens (tertiary/aromatic N) is 1. The van der Waals surface area contributed by atoms with E-state index >= 15 is 0 Å². The number of hydrogen-bond donors (Lipinski definition) is 3. The summed E-state index contributed by atoms with van der Waals surface area (Å²) in [4.78, 5) is 15.5. The minimum absolute atomic E-state index is 0. The van der Waals surface area contributed by atoms with Crippen LogP contribution in [0, 0.1) is 5.92 Å². The summed E-state index contributed by atoms with van der Waals surface area (Å²) in [7, 11) is 0. The van der Waals surface area contributed by atoms with Crippen molar-refractivity contribution in [3.8, 4) is 0 Å². The number of nitrogens with two attached hydrogens (primary N) is 2. The fourth-order valence-corrected chi connectivity index (χ4v) is 1.51. The molecule has 1 aromatic carbocycles. The zero-order valence-corrected chi connectivity index (χ0v) is 13.5. The second-order valence-corrected chi connectivity index (χ2v) is 4.59. The van der Waals surface area contributed by atoms with Gasteiger partial charge in [0.05, 0.1) is 6.54 Å². The van der Waals surface area contributed by atoms with Crippen molar-refractivity contribution in [1.29, 1.82) is 0 Å². The zero-order valence-electron chi connectivity index (χ0n) is 11.2. The number of carbonyl (C=O) groups excluding carboxylic acids is 1. The van der Waals surface area contributed by atoms with Gasteiger partial charge in [-0.15, -0.1) is 24.0 Å². The van der Waals surface area contributed by atoms with Crippen molar-refractivity contribution < 1.29 is 4.79 Å². The fourth-order valence-electron chi connectivity index (χ4n) is 1.51. The normalized spacial score (nSPS) is 9.63. The van der Waals surface area contributed by atoms with Gasteiger partial charge in [0.2, 0.25) is 5.91 Å². The lowest BCUT2D eigenvalue weighted by molar-refractivity contribution is -0.116. The smallest absolute Gasteiger partial charge is 0.224 e. The van der Waals surface area contributed by atoms with Crippen LogP contribution < -0.4 is 16.8 Å². The van der Waals surface area contributed by atoms with E-state index in [-0.39, 0.29) is 35.8 Å². The van der Waals surface area contributed by atoms with Crippen molar-refractivity contribution >= 4 is 41.5 Å². The molecule has 0 bridgehead atoms. The average molecular weight is 376 g/mol. The number of guanidine groups is 1. The Bertz CT molecular complexity index is 442. The van der Waals surface area contributed by atoms with Crippen LogP contribution in [0.3, 0.4) is 0 Å². The second-order valence-electron chi connectivity index (χ2n) is 4.59. The molecule has 0 aliphatic carbocycles. The third-order valence-corrected chi connectivity index (χ3v) is 2.25. The topological polar surface area (TPSA) is 93.5 Å². The SMILES string of the molecule is CC(C)CC(=O)Nc1cccc(CN=C(N)N)c1.I. The van der Waals surface area contributed by atoms with Crippen molar-refractivity contribution in [2.45, 2.75) is 26.8 Å². The second kappa shape index (κ2) is 8.73. The molecule has 19 heavy (non-hydrogen) atoms. The van der Waals surface area contributed by atoms with Gasteiger partial charge >= 0.3 is 0 Å². The first-order valence-electron chi connectivity index (χ1n) is 5.91. The van der Waals surface area contributed by atoms with Gasteiger partial charge in [-0.2, -0.15) is 0 Å². The van der Waals surface area contributed by atoms with Crippen LogP contribution in [0.1, 0.15) is 25.8 Å². The number of halogens is 1. The molecule has 0 heterocycles. The van der Waals surface area contributed by atoms with Crippen molar-refractivity contribution in [3.05, 3.63) is 29.8 Å². The third kappa shape index (κ3) is 7.66. The first-order chi connectivity index (χ1) is 8.47. The van der Waals surface area contributed by atoms with Crippen molar-refractivity contribution in [3.63, 3.8) is 0 Å². The minimum atomic E-state index is 0. The zero-order chi connectivity index (χ0) is 13.5. The van der Waals surface area contributed by atoms with Crippen LogP contribution >= 0.6 is 24.0 Å². The Morgan fingerprint density at radius 2 is 2.05 bits per heavy atom. The Hall–Kier alpha value is -1.31. The molecule has 0 aromatic heterocycles. The molecule has 0 saturated heterocycles. The maximum absolute atomic E-state index is 11.6. The van der Waals surface area contributed by atoms with Crippen LogP contribution in [0.2, 0.25) is 0 Å². The largest absolute Gasteiger partial charge is 0.370 e. The molecule has 0 spiro atoms. The molecule has 1 rings (SSSR count). The molecule has 5 nitrogen and oxygen atoms in total. The number of hydrogen-bond acceptors (Lipinski definition) is 2. The molecular weight excluding hydrogens is 355 g/mol. The molecule has 106 valence electrons. The Morgan fingerprint density at radius 3 is 2.63 bits per heavy atom.